The van der Waals surface area contributed by atoms with E-state index in [0.29, 0.717) is 10.6 Å². The van der Waals surface area contributed by atoms with Gasteiger partial charge in [0.1, 0.15) is 0 Å². The van der Waals surface area contributed by atoms with Gasteiger partial charge in [-0.25, -0.2) is 4.79 Å². The zero-order chi connectivity index (χ0) is 11.3. The molecule has 0 aromatic carbocycles. The first kappa shape index (κ1) is 12.3. The van der Waals surface area contributed by atoms with Gasteiger partial charge >= 0.3 is 5.97 Å². The van der Waals surface area contributed by atoms with Crippen LogP contribution < -0.4 is 0 Å². The lowest BCUT2D eigenvalue weighted by Crippen LogP contribution is -2.35. The van der Waals surface area contributed by atoms with Crippen molar-refractivity contribution in [3.05, 3.63) is 12.2 Å². The Bertz CT molecular complexity index is 269. The fourth-order valence-corrected chi connectivity index (χ4v) is 0.731. The second kappa shape index (κ2) is 5.16. The molecule has 0 saturated carbocycles. The maximum Gasteiger partial charge on any atom is 0.337 e. The van der Waals surface area contributed by atoms with Crippen LogP contribution in [0.25, 0.3) is 0 Å². The van der Waals surface area contributed by atoms with Crippen LogP contribution in [0.15, 0.2) is 12.2 Å². The van der Waals surface area contributed by atoms with Crippen LogP contribution in [0.3, 0.4) is 0 Å². The Balaban J connectivity index is 4.31. The molecule has 0 fully saturated rings. The van der Waals surface area contributed by atoms with Gasteiger partial charge in [0.15, 0.2) is 0 Å². The summed E-state index contributed by atoms with van der Waals surface area (Å²) in [6.45, 7) is 7.42. The summed E-state index contributed by atoms with van der Waals surface area (Å²) in [7, 11) is 0. The summed E-state index contributed by atoms with van der Waals surface area (Å²) in [5.74, 6) is -1.94. The van der Waals surface area contributed by atoms with Crippen LogP contribution in [0.4, 0.5) is 0 Å². The van der Waals surface area contributed by atoms with Crippen LogP contribution in [-0.2, 0) is 19.2 Å². The molecule has 0 saturated heterocycles. The molecular weight excluding hydrogens is 186 g/mol. The molecule has 2 amide bonds. The summed E-state index contributed by atoms with van der Waals surface area (Å²) in [6.07, 6.45) is -0.0168. The number of carbonyl (C=O) groups excluding carboxylic acids is 3. The Morgan fingerprint density at radius 1 is 1.14 bits per heavy atom. The number of rotatable bonds is 2. The van der Waals surface area contributed by atoms with Gasteiger partial charge in [0.05, 0.1) is 6.42 Å². The molecule has 0 bridgehead atoms. The molecule has 0 atom stereocenters. The molecule has 78 valence electrons. The van der Waals surface area contributed by atoms with Gasteiger partial charge in [-0.1, -0.05) is 12.2 Å². The molecule has 0 unspecified atom stereocenters. The molecule has 0 N–H and O–H groups in total. The Kier molecular flexibility index (Phi) is 4.55. The van der Waals surface area contributed by atoms with Crippen molar-refractivity contribution < 1.29 is 19.2 Å². The molecular formula is C9H13NO4. The van der Waals surface area contributed by atoms with E-state index in [1.165, 1.54) is 0 Å². The third-order valence-corrected chi connectivity index (χ3v) is 1.21. The van der Waals surface area contributed by atoms with Gasteiger partial charge in [-0.2, -0.15) is 0 Å². The number of nitrogens with zero attached hydrogens (tertiary/aromatic N) is 1. The Morgan fingerprint density at radius 3 is 1.86 bits per heavy atom. The van der Waals surface area contributed by atoms with Gasteiger partial charge in [-0.3, -0.25) is 9.59 Å². The summed E-state index contributed by atoms with van der Waals surface area (Å²) in [6, 6.07) is 0. The third-order valence-electron chi connectivity index (χ3n) is 1.21. The topological polar surface area (TPSA) is 63.7 Å². The van der Waals surface area contributed by atoms with Crippen LogP contribution in [0, 0.1) is 0 Å². The van der Waals surface area contributed by atoms with Crippen molar-refractivity contribution in [2.75, 3.05) is 0 Å². The molecule has 5 heteroatoms. The first-order valence-electron chi connectivity index (χ1n) is 4.01. The summed E-state index contributed by atoms with van der Waals surface area (Å²) < 4.78 is 0. The zero-order valence-corrected chi connectivity index (χ0v) is 8.49. The summed E-state index contributed by atoms with van der Waals surface area (Å²) in [5, 5.41) is 0.422. The molecule has 0 aliphatic heterocycles. The number of imide groups is 1. The fraction of sp³-hybridized carbons (Fsp3) is 0.444. The predicted octanol–water partition coefficient (Wildman–Crippen LogP) is 0.806. The van der Waals surface area contributed by atoms with Crippen LogP contribution in [0.5, 0.6) is 0 Å². The molecule has 0 heterocycles. The first-order valence-corrected chi connectivity index (χ1v) is 4.01. The summed E-state index contributed by atoms with van der Waals surface area (Å²) >= 11 is 0. The lowest BCUT2D eigenvalue weighted by Gasteiger charge is -2.15. The highest BCUT2D eigenvalue weighted by atomic mass is 16.7. The van der Waals surface area contributed by atoms with Crippen molar-refractivity contribution in [1.82, 2.24) is 5.06 Å². The van der Waals surface area contributed by atoms with E-state index in [0.717, 1.165) is 13.8 Å². The van der Waals surface area contributed by atoms with Crippen molar-refractivity contribution in [1.29, 1.82) is 0 Å². The second-order valence-corrected chi connectivity index (χ2v) is 2.93. The van der Waals surface area contributed by atoms with E-state index < -0.39 is 17.8 Å². The van der Waals surface area contributed by atoms with E-state index in [9.17, 15) is 14.4 Å². The van der Waals surface area contributed by atoms with Crippen LogP contribution in [-0.4, -0.2) is 22.8 Å². The van der Waals surface area contributed by atoms with Crippen LogP contribution in [0.2, 0.25) is 0 Å². The van der Waals surface area contributed by atoms with E-state index in [1.54, 1.807) is 6.92 Å². The van der Waals surface area contributed by atoms with Gasteiger partial charge in [0.25, 0.3) is 11.8 Å². The molecule has 0 aliphatic carbocycles. The van der Waals surface area contributed by atoms with Gasteiger partial charge in [0.2, 0.25) is 0 Å². The van der Waals surface area contributed by atoms with Crippen molar-refractivity contribution in [3.63, 3.8) is 0 Å². The van der Waals surface area contributed by atoms with Gasteiger partial charge in [-0.15, -0.1) is 5.06 Å². The van der Waals surface area contributed by atoms with Crippen molar-refractivity contribution in [3.8, 4) is 0 Å². The SMILES string of the molecule is C=C(C)CC(=O)ON(C(C)=O)C(C)=O. The van der Waals surface area contributed by atoms with Gasteiger partial charge < -0.3 is 4.84 Å². The molecule has 0 aliphatic rings. The van der Waals surface area contributed by atoms with E-state index >= 15 is 0 Å². The molecule has 0 radical (unpaired) electrons. The molecule has 0 aromatic heterocycles. The van der Waals surface area contributed by atoms with E-state index in [1.807, 2.05) is 0 Å². The average Bonchev–Trinajstić information content (AvgIpc) is 1.97. The van der Waals surface area contributed by atoms with Crippen LogP contribution in [0.1, 0.15) is 27.2 Å². The summed E-state index contributed by atoms with van der Waals surface area (Å²) in [4.78, 5) is 37.2. The maximum absolute atomic E-state index is 11.0. The fourth-order valence-electron chi connectivity index (χ4n) is 0.731. The number of amides is 2. The lowest BCUT2D eigenvalue weighted by atomic mass is 10.2. The third kappa shape index (κ3) is 4.39. The molecule has 14 heavy (non-hydrogen) atoms. The van der Waals surface area contributed by atoms with E-state index in [-0.39, 0.29) is 6.42 Å². The smallest absolute Gasteiger partial charge is 0.330 e. The first-order chi connectivity index (χ1) is 6.34. The minimum atomic E-state index is -0.678. The number of hydroxylamine groups is 2. The maximum atomic E-state index is 11.0. The molecule has 0 aromatic rings. The Hall–Kier alpha value is -1.65. The van der Waals surface area contributed by atoms with Gasteiger partial charge in [-0.05, 0) is 6.92 Å². The highest BCUT2D eigenvalue weighted by molar-refractivity contribution is 5.93. The highest BCUT2D eigenvalue weighted by Crippen LogP contribution is 2.01. The van der Waals surface area contributed by atoms with Crippen molar-refractivity contribution >= 4 is 17.8 Å². The highest BCUT2D eigenvalue weighted by Gasteiger charge is 2.19. The van der Waals surface area contributed by atoms with E-state index in [4.69, 9.17) is 0 Å². The second-order valence-electron chi connectivity index (χ2n) is 2.93. The minimum absolute atomic E-state index is 0.0168. The Morgan fingerprint density at radius 2 is 1.57 bits per heavy atom. The van der Waals surface area contributed by atoms with Crippen molar-refractivity contribution in [2.45, 2.75) is 27.2 Å². The average molecular weight is 199 g/mol. The predicted molar refractivity (Wildman–Crippen MR) is 48.7 cm³/mol. The van der Waals surface area contributed by atoms with E-state index in [2.05, 4.69) is 11.4 Å². The number of hydrogen-bond donors (Lipinski definition) is 0. The molecule has 0 rings (SSSR count). The Labute approximate surface area is 82.3 Å². The summed E-state index contributed by atoms with van der Waals surface area (Å²) in [5.41, 5.74) is 0.599. The molecule has 0 spiro atoms. The monoisotopic (exact) mass is 199 g/mol. The minimum Gasteiger partial charge on any atom is -0.330 e. The van der Waals surface area contributed by atoms with Crippen LogP contribution >= 0.6 is 0 Å². The number of carbonyl (C=O) groups is 3. The standard InChI is InChI=1S/C9H13NO4/c1-6(2)5-9(13)14-10(7(3)11)8(4)12/h1,5H2,2-4H3. The largest absolute Gasteiger partial charge is 0.337 e. The van der Waals surface area contributed by atoms with Crippen molar-refractivity contribution in [2.24, 2.45) is 0 Å². The van der Waals surface area contributed by atoms with Gasteiger partial charge in [0, 0.05) is 13.8 Å². The normalized spacial score (nSPS) is 9.07. The number of hydrogen-bond acceptors (Lipinski definition) is 4. The molecule has 5 nitrogen and oxygen atoms in total. The zero-order valence-electron chi connectivity index (χ0n) is 8.49. The quantitative estimate of drug-likeness (QED) is 0.487. The lowest BCUT2D eigenvalue weighted by molar-refractivity contribution is -0.200.